The second-order valence-corrected chi connectivity index (χ2v) is 7.61. The van der Waals surface area contributed by atoms with E-state index in [0.717, 1.165) is 27.5 Å². The molecular weight excluding hydrogens is 340 g/mol. The van der Waals surface area contributed by atoms with Gasteiger partial charge in [0.1, 0.15) is 5.60 Å². The lowest BCUT2D eigenvalue weighted by Gasteiger charge is -2.31. The standard InChI is InChI=1S/C21H24N4O2/c1-13(2)21(27,19-10-22-12-23-19)15-6-8-16-14(9-15)5-7-17-18(16)11-25(20(17)26)24(3)4/h5-10,12-13,27H,11H2,1-4H3,(H,22,23). The van der Waals surface area contributed by atoms with E-state index in [1.807, 2.05) is 63.3 Å². The monoisotopic (exact) mass is 364 g/mol. The number of carbonyl (C=O) groups excluding carboxylic acids is 1. The smallest absolute Gasteiger partial charge is 0.268 e. The van der Waals surface area contributed by atoms with Gasteiger partial charge < -0.3 is 10.1 Å². The number of hydrazine groups is 1. The molecular formula is C21H24N4O2. The Morgan fingerprint density at radius 1 is 1.26 bits per heavy atom. The number of nitrogens with one attached hydrogen (secondary N) is 1. The molecule has 1 atom stereocenters. The van der Waals surface area contributed by atoms with Gasteiger partial charge in [-0.3, -0.25) is 9.80 Å². The molecule has 6 heteroatoms. The molecule has 27 heavy (non-hydrogen) atoms. The Balaban J connectivity index is 1.85. The lowest BCUT2D eigenvalue weighted by molar-refractivity contribution is 0.0224. The number of benzene rings is 2. The van der Waals surface area contributed by atoms with E-state index < -0.39 is 5.60 Å². The third kappa shape index (κ3) is 2.56. The van der Waals surface area contributed by atoms with Crippen molar-refractivity contribution in [2.24, 2.45) is 5.92 Å². The highest BCUT2D eigenvalue weighted by atomic mass is 16.3. The van der Waals surface area contributed by atoms with Gasteiger partial charge in [0.25, 0.3) is 5.91 Å². The Kier molecular flexibility index (Phi) is 4.05. The van der Waals surface area contributed by atoms with Crippen LogP contribution in [0.2, 0.25) is 0 Å². The van der Waals surface area contributed by atoms with Crippen LogP contribution in [-0.2, 0) is 12.1 Å². The maximum absolute atomic E-state index is 12.6. The van der Waals surface area contributed by atoms with Gasteiger partial charge in [0.15, 0.2) is 0 Å². The molecule has 0 radical (unpaired) electrons. The molecule has 0 saturated heterocycles. The Morgan fingerprint density at radius 2 is 2.04 bits per heavy atom. The van der Waals surface area contributed by atoms with Gasteiger partial charge in [0.2, 0.25) is 0 Å². The number of amides is 1. The zero-order valence-electron chi connectivity index (χ0n) is 16.0. The van der Waals surface area contributed by atoms with E-state index in [0.29, 0.717) is 12.2 Å². The highest BCUT2D eigenvalue weighted by molar-refractivity contribution is 6.04. The summed E-state index contributed by atoms with van der Waals surface area (Å²) in [5, 5.41) is 17.1. The minimum atomic E-state index is -1.18. The minimum absolute atomic E-state index is 0.0242. The Labute approximate surface area is 158 Å². The van der Waals surface area contributed by atoms with E-state index in [1.165, 1.54) is 0 Å². The molecule has 4 rings (SSSR count). The number of imidazole rings is 1. The average Bonchev–Trinajstić information content (AvgIpc) is 3.29. The fourth-order valence-corrected chi connectivity index (χ4v) is 3.93. The maximum Gasteiger partial charge on any atom is 0.268 e. The largest absolute Gasteiger partial charge is 0.378 e. The first-order chi connectivity index (χ1) is 12.8. The molecule has 1 aromatic heterocycles. The fourth-order valence-electron chi connectivity index (χ4n) is 3.93. The number of nitrogens with zero attached hydrogens (tertiary/aromatic N) is 3. The summed E-state index contributed by atoms with van der Waals surface area (Å²) in [5.74, 6) is -0.0327. The molecule has 0 fully saturated rings. The SMILES string of the molecule is CC(C)C(O)(c1ccc2c3c(ccc2c1)C(=O)N(N(C)C)C3)c1c[nH]cn1. The lowest BCUT2D eigenvalue weighted by atomic mass is 9.80. The predicted octanol–water partition coefficient (Wildman–Crippen LogP) is 2.89. The maximum atomic E-state index is 12.6. The number of aromatic amines is 1. The molecule has 3 aromatic rings. The van der Waals surface area contributed by atoms with Gasteiger partial charge in [0, 0.05) is 25.9 Å². The molecule has 0 bridgehead atoms. The average molecular weight is 364 g/mol. The summed E-state index contributed by atoms with van der Waals surface area (Å²) >= 11 is 0. The fraction of sp³-hybridized carbons (Fsp3) is 0.333. The predicted molar refractivity (Wildman–Crippen MR) is 104 cm³/mol. The van der Waals surface area contributed by atoms with Gasteiger partial charge in [-0.05, 0) is 39.9 Å². The summed E-state index contributed by atoms with van der Waals surface area (Å²) in [6.45, 7) is 4.52. The van der Waals surface area contributed by atoms with Crippen molar-refractivity contribution in [3.8, 4) is 0 Å². The van der Waals surface area contributed by atoms with E-state index >= 15 is 0 Å². The number of aliphatic hydroxyl groups is 1. The van der Waals surface area contributed by atoms with Crippen LogP contribution in [0.5, 0.6) is 0 Å². The summed E-state index contributed by atoms with van der Waals surface area (Å²) in [5.41, 5.74) is 2.00. The van der Waals surface area contributed by atoms with Crippen LogP contribution in [0, 0.1) is 5.92 Å². The van der Waals surface area contributed by atoms with E-state index in [9.17, 15) is 9.90 Å². The van der Waals surface area contributed by atoms with Gasteiger partial charge in [-0.2, -0.15) is 0 Å². The Hall–Kier alpha value is -2.70. The summed E-state index contributed by atoms with van der Waals surface area (Å²) in [7, 11) is 3.74. The normalized spacial score (nSPS) is 16.4. The molecule has 1 amide bonds. The Morgan fingerprint density at radius 3 is 2.67 bits per heavy atom. The molecule has 1 unspecified atom stereocenters. The van der Waals surface area contributed by atoms with Gasteiger partial charge >= 0.3 is 0 Å². The second-order valence-electron chi connectivity index (χ2n) is 7.61. The number of rotatable bonds is 4. The zero-order chi connectivity index (χ0) is 19.3. The highest BCUT2D eigenvalue weighted by Gasteiger charge is 2.37. The van der Waals surface area contributed by atoms with Crippen molar-refractivity contribution in [1.29, 1.82) is 0 Å². The molecule has 2 aromatic carbocycles. The van der Waals surface area contributed by atoms with Gasteiger partial charge in [-0.1, -0.05) is 32.0 Å². The molecule has 1 aliphatic rings. The van der Waals surface area contributed by atoms with Crippen LogP contribution in [0.4, 0.5) is 0 Å². The van der Waals surface area contributed by atoms with E-state index in [1.54, 1.807) is 17.5 Å². The first-order valence-electron chi connectivity index (χ1n) is 9.11. The minimum Gasteiger partial charge on any atom is -0.378 e. The van der Waals surface area contributed by atoms with Crippen molar-refractivity contribution < 1.29 is 9.90 Å². The summed E-state index contributed by atoms with van der Waals surface area (Å²) in [6.07, 6.45) is 3.32. The van der Waals surface area contributed by atoms with Crippen molar-refractivity contribution in [3.63, 3.8) is 0 Å². The van der Waals surface area contributed by atoms with Crippen LogP contribution in [0.1, 0.15) is 41.0 Å². The van der Waals surface area contributed by atoms with E-state index in [-0.39, 0.29) is 11.8 Å². The van der Waals surface area contributed by atoms with Gasteiger partial charge in [-0.15, -0.1) is 0 Å². The molecule has 2 N–H and O–H groups in total. The van der Waals surface area contributed by atoms with Crippen LogP contribution < -0.4 is 0 Å². The molecule has 2 heterocycles. The third-order valence-corrected chi connectivity index (χ3v) is 5.55. The molecule has 140 valence electrons. The number of hydrogen-bond acceptors (Lipinski definition) is 4. The van der Waals surface area contributed by atoms with Crippen LogP contribution in [0.3, 0.4) is 0 Å². The number of H-pyrrole nitrogens is 1. The zero-order valence-corrected chi connectivity index (χ0v) is 16.0. The van der Waals surface area contributed by atoms with Crippen LogP contribution in [0.25, 0.3) is 10.8 Å². The van der Waals surface area contributed by atoms with E-state index in [4.69, 9.17) is 0 Å². The number of hydrogen-bond donors (Lipinski definition) is 2. The summed E-state index contributed by atoms with van der Waals surface area (Å²) < 4.78 is 0. The summed E-state index contributed by atoms with van der Waals surface area (Å²) in [6, 6.07) is 9.80. The van der Waals surface area contributed by atoms with Crippen LogP contribution in [-0.4, -0.2) is 45.1 Å². The number of fused-ring (bicyclic) bond motifs is 3. The van der Waals surface area contributed by atoms with Crippen molar-refractivity contribution in [2.45, 2.75) is 26.0 Å². The van der Waals surface area contributed by atoms with Crippen molar-refractivity contribution in [2.75, 3.05) is 14.1 Å². The van der Waals surface area contributed by atoms with Crippen molar-refractivity contribution >= 4 is 16.7 Å². The highest BCUT2D eigenvalue weighted by Crippen LogP contribution is 2.38. The molecule has 0 aliphatic carbocycles. The molecule has 0 spiro atoms. The topological polar surface area (TPSA) is 72.5 Å². The van der Waals surface area contributed by atoms with Crippen LogP contribution in [0.15, 0.2) is 42.9 Å². The van der Waals surface area contributed by atoms with Crippen molar-refractivity contribution in [3.05, 3.63) is 65.2 Å². The van der Waals surface area contributed by atoms with Crippen LogP contribution >= 0.6 is 0 Å². The Bertz CT molecular complexity index is 1010. The second kappa shape index (κ2) is 6.18. The first-order valence-corrected chi connectivity index (χ1v) is 9.11. The van der Waals surface area contributed by atoms with Gasteiger partial charge in [-0.25, -0.2) is 9.99 Å². The number of aromatic nitrogens is 2. The van der Waals surface area contributed by atoms with E-state index in [2.05, 4.69) is 9.97 Å². The quantitative estimate of drug-likeness (QED) is 0.747. The third-order valence-electron chi connectivity index (χ3n) is 5.55. The molecule has 1 aliphatic heterocycles. The van der Waals surface area contributed by atoms with Crippen molar-refractivity contribution in [1.82, 2.24) is 20.0 Å². The molecule has 0 saturated carbocycles. The lowest BCUT2D eigenvalue weighted by Crippen LogP contribution is -2.36. The summed E-state index contributed by atoms with van der Waals surface area (Å²) in [4.78, 5) is 19.8. The van der Waals surface area contributed by atoms with Gasteiger partial charge in [0.05, 0.1) is 18.6 Å². The molecule has 6 nitrogen and oxygen atoms in total. The number of carbonyl (C=O) groups is 1. The first kappa shape index (κ1) is 17.7.